The van der Waals surface area contributed by atoms with Crippen LogP contribution in [0.3, 0.4) is 0 Å². The van der Waals surface area contributed by atoms with Crippen LogP contribution in [0, 0.1) is 0 Å². The van der Waals surface area contributed by atoms with Gasteiger partial charge < -0.3 is 15.3 Å². The Bertz CT molecular complexity index is 1180. The number of phenolic OH excluding ortho intramolecular Hbond substituents is 1. The van der Waals surface area contributed by atoms with E-state index in [0.29, 0.717) is 40.5 Å². The number of anilines is 1. The Balaban J connectivity index is 1.33. The molecule has 5 rings (SSSR count). The van der Waals surface area contributed by atoms with Crippen molar-refractivity contribution in [3.63, 3.8) is 0 Å². The molecule has 2 fully saturated rings. The van der Waals surface area contributed by atoms with E-state index in [4.69, 9.17) is 0 Å². The fourth-order valence-electron chi connectivity index (χ4n) is 5.11. The minimum Gasteiger partial charge on any atom is -0.507 e. The van der Waals surface area contributed by atoms with Gasteiger partial charge in [0.25, 0.3) is 5.56 Å². The first-order valence-corrected chi connectivity index (χ1v) is 11.4. The van der Waals surface area contributed by atoms with Crippen molar-refractivity contribution in [2.75, 3.05) is 11.9 Å². The minimum absolute atomic E-state index is 0.0451. The van der Waals surface area contributed by atoms with Crippen LogP contribution in [0.4, 0.5) is 10.2 Å². The minimum atomic E-state index is -0.869. The zero-order chi connectivity index (χ0) is 22.9. The molecule has 0 saturated carbocycles. The molecule has 33 heavy (non-hydrogen) atoms. The van der Waals surface area contributed by atoms with E-state index in [0.717, 1.165) is 23.2 Å². The number of aromatic nitrogens is 3. The second kappa shape index (κ2) is 8.94. The first-order chi connectivity index (χ1) is 16.0. The molecular weight excluding hydrogens is 421 g/mol. The molecular formula is C25H28FN5O2. The Hall–Kier alpha value is -3.26. The summed E-state index contributed by atoms with van der Waals surface area (Å²) in [7, 11) is 2.08. The molecule has 7 nitrogen and oxygen atoms in total. The Morgan fingerprint density at radius 3 is 2.48 bits per heavy atom. The Morgan fingerprint density at radius 2 is 1.85 bits per heavy atom. The molecule has 4 heterocycles. The van der Waals surface area contributed by atoms with Crippen LogP contribution in [0.15, 0.2) is 53.5 Å². The first kappa shape index (κ1) is 21.6. The number of rotatable bonds is 5. The van der Waals surface area contributed by atoms with Gasteiger partial charge >= 0.3 is 0 Å². The maximum absolute atomic E-state index is 12.8. The van der Waals surface area contributed by atoms with Crippen molar-refractivity contribution < 1.29 is 9.50 Å². The summed E-state index contributed by atoms with van der Waals surface area (Å²) in [5.41, 5.74) is 1.99. The standard InChI is InChI=1S/C25H28FN5O2/c1-30(20-13-18-3-2-4-19(14-20)27-18)24-8-7-22(28-29-24)21-6-5-16(11-23(21)32)17-9-10-31(15-26)25(33)12-17/h5-12,18-20,27,32H,2-4,13-15H2,1H3. The molecule has 0 amide bonds. The third kappa shape index (κ3) is 4.35. The predicted molar refractivity (Wildman–Crippen MR) is 126 cm³/mol. The second-order valence-electron chi connectivity index (χ2n) is 9.08. The van der Waals surface area contributed by atoms with E-state index in [1.165, 1.54) is 31.5 Å². The molecule has 2 atom stereocenters. The molecule has 2 aliphatic rings. The Labute approximate surface area is 191 Å². The van der Waals surface area contributed by atoms with Gasteiger partial charge in [-0.25, -0.2) is 4.39 Å². The van der Waals surface area contributed by atoms with E-state index in [1.807, 2.05) is 12.1 Å². The van der Waals surface area contributed by atoms with Gasteiger partial charge in [0.1, 0.15) is 5.75 Å². The molecule has 8 heteroatoms. The number of hydrogen-bond acceptors (Lipinski definition) is 6. The molecule has 172 valence electrons. The molecule has 2 aromatic heterocycles. The van der Waals surface area contributed by atoms with Gasteiger partial charge in [-0.2, -0.15) is 0 Å². The van der Waals surface area contributed by atoms with Crippen molar-refractivity contribution in [1.82, 2.24) is 20.1 Å². The molecule has 0 aliphatic carbocycles. The normalized spacial score (nSPS) is 22.2. The number of nitrogens with one attached hydrogen (secondary N) is 1. The molecule has 1 aromatic carbocycles. The largest absolute Gasteiger partial charge is 0.507 e. The summed E-state index contributed by atoms with van der Waals surface area (Å²) in [4.78, 5) is 14.1. The van der Waals surface area contributed by atoms with Gasteiger partial charge in [-0.15, -0.1) is 10.2 Å². The summed E-state index contributed by atoms with van der Waals surface area (Å²) in [6.45, 7) is -0.869. The number of nitrogens with zero attached hydrogens (tertiary/aromatic N) is 4. The molecule has 2 saturated heterocycles. The summed E-state index contributed by atoms with van der Waals surface area (Å²) in [6, 6.07) is 13.6. The monoisotopic (exact) mass is 449 g/mol. The molecule has 0 spiro atoms. The van der Waals surface area contributed by atoms with Crippen molar-refractivity contribution in [3.05, 3.63) is 59.0 Å². The van der Waals surface area contributed by atoms with Crippen LogP contribution < -0.4 is 15.8 Å². The third-order valence-corrected chi connectivity index (χ3v) is 6.98. The molecule has 2 N–H and O–H groups in total. The highest BCUT2D eigenvalue weighted by molar-refractivity contribution is 5.74. The lowest BCUT2D eigenvalue weighted by atomic mass is 9.83. The fourth-order valence-corrected chi connectivity index (χ4v) is 5.11. The van der Waals surface area contributed by atoms with Crippen LogP contribution in [-0.4, -0.2) is 45.0 Å². The van der Waals surface area contributed by atoms with Crippen LogP contribution in [-0.2, 0) is 6.80 Å². The van der Waals surface area contributed by atoms with Crippen LogP contribution >= 0.6 is 0 Å². The smallest absolute Gasteiger partial charge is 0.253 e. The van der Waals surface area contributed by atoms with Gasteiger partial charge in [0.05, 0.1) is 5.69 Å². The highest BCUT2D eigenvalue weighted by atomic mass is 19.1. The van der Waals surface area contributed by atoms with Crippen molar-refractivity contribution in [1.29, 1.82) is 0 Å². The first-order valence-electron chi connectivity index (χ1n) is 11.4. The molecule has 2 aliphatic heterocycles. The van der Waals surface area contributed by atoms with Gasteiger partial charge in [0.15, 0.2) is 12.6 Å². The molecule has 3 aromatic rings. The highest BCUT2D eigenvalue weighted by Gasteiger charge is 2.33. The number of alkyl halides is 1. The van der Waals surface area contributed by atoms with E-state index >= 15 is 0 Å². The second-order valence-corrected chi connectivity index (χ2v) is 9.08. The van der Waals surface area contributed by atoms with Gasteiger partial charge in [-0.05, 0) is 67.1 Å². The van der Waals surface area contributed by atoms with Gasteiger partial charge in [0, 0.05) is 43.0 Å². The number of fused-ring (bicyclic) bond motifs is 2. The molecule has 2 bridgehead atoms. The van der Waals surface area contributed by atoms with Crippen molar-refractivity contribution in [2.24, 2.45) is 0 Å². The van der Waals surface area contributed by atoms with Crippen molar-refractivity contribution in [2.45, 2.75) is 57.0 Å². The average molecular weight is 450 g/mol. The SMILES string of the molecule is CN(c1ccc(-c2ccc(-c3ccn(CF)c(=O)c3)cc2O)nn1)C1CC2CCCC(C1)N2. The lowest BCUT2D eigenvalue weighted by Gasteiger charge is -2.43. The van der Waals surface area contributed by atoms with Gasteiger partial charge in [-0.3, -0.25) is 9.36 Å². The maximum atomic E-state index is 12.8. The Morgan fingerprint density at radius 1 is 1.09 bits per heavy atom. The molecule has 0 radical (unpaired) electrons. The number of piperidine rings is 2. The maximum Gasteiger partial charge on any atom is 0.253 e. The number of aromatic hydroxyl groups is 1. The van der Waals surface area contributed by atoms with E-state index in [9.17, 15) is 14.3 Å². The summed E-state index contributed by atoms with van der Waals surface area (Å²) in [5, 5.41) is 23.2. The van der Waals surface area contributed by atoms with Crippen molar-refractivity contribution >= 4 is 5.82 Å². The van der Waals surface area contributed by atoms with Crippen LogP contribution in [0.2, 0.25) is 0 Å². The fraction of sp³-hybridized carbons (Fsp3) is 0.400. The van der Waals surface area contributed by atoms with Gasteiger partial charge in [0.2, 0.25) is 0 Å². The Kier molecular flexibility index (Phi) is 5.85. The summed E-state index contributed by atoms with van der Waals surface area (Å²) in [5.74, 6) is 0.872. The third-order valence-electron chi connectivity index (χ3n) is 6.98. The van der Waals surface area contributed by atoms with Gasteiger partial charge in [-0.1, -0.05) is 12.5 Å². The number of phenols is 1. The average Bonchev–Trinajstić information content (AvgIpc) is 2.83. The van der Waals surface area contributed by atoms with Crippen LogP contribution in [0.25, 0.3) is 22.4 Å². The highest BCUT2D eigenvalue weighted by Crippen LogP contribution is 2.33. The van der Waals surface area contributed by atoms with E-state index in [-0.39, 0.29) is 5.75 Å². The molecule has 2 unspecified atom stereocenters. The quantitative estimate of drug-likeness (QED) is 0.618. The summed E-state index contributed by atoms with van der Waals surface area (Å²) in [6.07, 6.45) is 7.45. The van der Waals surface area contributed by atoms with Crippen molar-refractivity contribution in [3.8, 4) is 28.1 Å². The number of hydrogen-bond donors (Lipinski definition) is 2. The topological polar surface area (TPSA) is 83.3 Å². The lowest BCUT2D eigenvalue weighted by Crippen LogP contribution is -2.54. The lowest BCUT2D eigenvalue weighted by molar-refractivity contribution is 0.219. The number of pyridine rings is 1. The zero-order valence-electron chi connectivity index (χ0n) is 18.6. The number of halogens is 1. The van der Waals surface area contributed by atoms with E-state index in [2.05, 4.69) is 27.5 Å². The summed E-state index contributed by atoms with van der Waals surface area (Å²) >= 11 is 0. The zero-order valence-corrected chi connectivity index (χ0v) is 18.6. The van der Waals surface area contributed by atoms with E-state index in [1.54, 1.807) is 24.3 Å². The summed E-state index contributed by atoms with van der Waals surface area (Å²) < 4.78 is 13.7. The van der Waals surface area contributed by atoms with Crippen LogP contribution in [0.1, 0.15) is 32.1 Å². The van der Waals surface area contributed by atoms with E-state index < -0.39 is 12.4 Å². The van der Waals surface area contributed by atoms with Crippen LogP contribution in [0.5, 0.6) is 5.75 Å². The predicted octanol–water partition coefficient (Wildman–Crippen LogP) is 3.71. The number of benzene rings is 1.